The Morgan fingerprint density at radius 2 is 2.06 bits per heavy atom. The maximum absolute atomic E-state index is 12.8. The van der Waals surface area contributed by atoms with Crippen LogP contribution in [0.1, 0.15) is 16.1 Å². The van der Waals surface area contributed by atoms with Gasteiger partial charge in [0.2, 0.25) is 11.6 Å². The van der Waals surface area contributed by atoms with E-state index in [4.69, 9.17) is 5.73 Å². The zero-order valence-corrected chi connectivity index (χ0v) is 17.5. The highest BCUT2D eigenvalue weighted by Crippen LogP contribution is 2.29. The van der Waals surface area contributed by atoms with E-state index in [9.17, 15) is 14.9 Å². The van der Waals surface area contributed by atoms with E-state index in [1.165, 1.54) is 24.4 Å². The van der Waals surface area contributed by atoms with Gasteiger partial charge in [-0.3, -0.25) is 14.9 Å². The van der Waals surface area contributed by atoms with Gasteiger partial charge in [0.15, 0.2) is 5.69 Å². The zero-order chi connectivity index (χ0) is 22.7. The van der Waals surface area contributed by atoms with E-state index >= 15 is 0 Å². The van der Waals surface area contributed by atoms with Crippen molar-refractivity contribution in [3.8, 4) is 17.1 Å². The van der Waals surface area contributed by atoms with Crippen molar-refractivity contribution >= 4 is 39.6 Å². The number of nitrogens with zero attached hydrogens (tertiary/aromatic N) is 7. The summed E-state index contributed by atoms with van der Waals surface area (Å²) in [6.07, 6.45) is 1.44. The molecule has 1 amide bonds. The van der Waals surface area contributed by atoms with Gasteiger partial charge >= 0.3 is 0 Å². The molecule has 0 unspecified atom stereocenters. The number of nitrogens with one attached hydrogen (secondary N) is 1. The molecule has 14 heteroatoms. The summed E-state index contributed by atoms with van der Waals surface area (Å²) in [7, 11) is 0. The number of carbonyl (C=O) groups is 1. The maximum atomic E-state index is 12.8. The molecule has 4 aromatic rings. The van der Waals surface area contributed by atoms with Gasteiger partial charge in [0.25, 0.3) is 11.6 Å². The van der Waals surface area contributed by atoms with E-state index in [1.54, 1.807) is 18.2 Å². The van der Waals surface area contributed by atoms with Gasteiger partial charge in [0.1, 0.15) is 5.69 Å². The van der Waals surface area contributed by atoms with Gasteiger partial charge in [-0.25, -0.2) is 10.1 Å². The SMILES string of the molecule is Nc1nonc1-n1nnc(C(=O)NN=Cc2cccc(Br)c2)c1-c1cccc([N+](=O)[O-])c1. The number of hydrazone groups is 1. The van der Waals surface area contributed by atoms with Crippen LogP contribution in [0.5, 0.6) is 0 Å². The third-order valence-corrected chi connectivity index (χ3v) is 4.63. The van der Waals surface area contributed by atoms with Crippen molar-refractivity contribution in [1.29, 1.82) is 0 Å². The maximum Gasteiger partial charge on any atom is 0.294 e. The molecule has 0 atom stereocenters. The largest absolute Gasteiger partial charge is 0.378 e. The Kier molecular flexibility index (Phi) is 5.67. The van der Waals surface area contributed by atoms with Crippen LogP contribution >= 0.6 is 15.9 Å². The van der Waals surface area contributed by atoms with E-state index in [0.717, 1.165) is 14.7 Å². The Morgan fingerprint density at radius 1 is 1.25 bits per heavy atom. The van der Waals surface area contributed by atoms with Crippen LogP contribution in [-0.2, 0) is 0 Å². The summed E-state index contributed by atoms with van der Waals surface area (Å²) in [6.45, 7) is 0. The van der Waals surface area contributed by atoms with Crippen LogP contribution in [0.15, 0.2) is 62.7 Å². The molecule has 2 aromatic carbocycles. The number of carbonyl (C=O) groups excluding carboxylic acids is 1. The van der Waals surface area contributed by atoms with Gasteiger partial charge in [-0.2, -0.15) is 9.78 Å². The summed E-state index contributed by atoms with van der Waals surface area (Å²) in [6, 6.07) is 12.9. The van der Waals surface area contributed by atoms with Crippen molar-refractivity contribution in [1.82, 2.24) is 30.7 Å². The number of hydrogen-bond donors (Lipinski definition) is 2. The Labute approximate surface area is 187 Å². The van der Waals surface area contributed by atoms with Gasteiger partial charge in [0, 0.05) is 22.2 Å². The number of anilines is 1. The summed E-state index contributed by atoms with van der Waals surface area (Å²) in [5.41, 5.74) is 8.85. The van der Waals surface area contributed by atoms with Crippen molar-refractivity contribution in [2.75, 3.05) is 5.73 Å². The van der Waals surface area contributed by atoms with Crippen LogP contribution in [0, 0.1) is 10.1 Å². The first-order valence-corrected chi connectivity index (χ1v) is 9.61. The van der Waals surface area contributed by atoms with Gasteiger partial charge in [-0.15, -0.1) is 5.10 Å². The van der Waals surface area contributed by atoms with Crippen molar-refractivity contribution < 1.29 is 14.3 Å². The van der Waals surface area contributed by atoms with Gasteiger partial charge in [0.05, 0.1) is 11.1 Å². The molecule has 4 rings (SSSR count). The van der Waals surface area contributed by atoms with Crippen LogP contribution in [0.3, 0.4) is 0 Å². The molecule has 0 aliphatic carbocycles. The first-order valence-electron chi connectivity index (χ1n) is 8.82. The number of hydrogen-bond acceptors (Lipinski definition) is 10. The van der Waals surface area contributed by atoms with Crippen LogP contribution in [0.2, 0.25) is 0 Å². The molecule has 0 saturated heterocycles. The number of halogens is 1. The minimum absolute atomic E-state index is 0.0318. The number of aromatic nitrogens is 5. The predicted molar refractivity (Wildman–Crippen MR) is 115 cm³/mol. The molecule has 2 heterocycles. The molecule has 160 valence electrons. The van der Waals surface area contributed by atoms with Crippen LogP contribution in [-0.4, -0.2) is 42.4 Å². The molecule has 32 heavy (non-hydrogen) atoms. The fourth-order valence-electron chi connectivity index (χ4n) is 2.75. The summed E-state index contributed by atoms with van der Waals surface area (Å²) in [5.74, 6) is -0.851. The van der Waals surface area contributed by atoms with E-state index in [-0.39, 0.29) is 34.3 Å². The lowest BCUT2D eigenvalue weighted by Gasteiger charge is -2.05. The fraction of sp³-hybridized carbons (Fsp3) is 0. The normalized spacial score (nSPS) is 11.0. The zero-order valence-electron chi connectivity index (χ0n) is 15.9. The minimum atomic E-state index is -0.709. The number of benzene rings is 2. The van der Waals surface area contributed by atoms with Gasteiger partial charge in [-0.05, 0) is 28.0 Å². The lowest BCUT2D eigenvalue weighted by atomic mass is 10.1. The van der Waals surface area contributed by atoms with Crippen molar-refractivity contribution in [2.24, 2.45) is 5.10 Å². The predicted octanol–water partition coefficient (Wildman–Crippen LogP) is 2.33. The topological polar surface area (TPSA) is 180 Å². The summed E-state index contributed by atoms with van der Waals surface area (Å²) >= 11 is 3.35. The molecule has 0 bridgehead atoms. The van der Waals surface area contributed by atoms with Crippen LogP contribution in [0.25, 0.3) is 17.1 Å². The highest BCUT2D eigenvalue weighted by atomic mass is 79.9. The lowest BCUT2D eigenvalue weighted by molar-refractivity contribution is -0.384. The summed E-state index contributed by atoms with van der Waals surface area (Å²) in [4.78, 5) is 23.5. The molecule has 0 radical (unpaired) electrons. The minimum Gasteiger partial charge on any atom is -0.378 e. The molecule has 13 nitrogen and oxygen atoms in total. The molecule has 0 saturated carbocycles. The summed E-state index contributed by atoms with van der Waals surface area (Å²) in [5, 5.41) is 30.1. The molecule has 0 aliphatic rings. The second kappa shape index (κ2) is 8.73. The second-order valence-electron chi connectivity index (χ2n) is 6.23. The Balaban J connectivity index is 1.73. The number of rotatable bonds is 6. The molecular weight excluding hydrogens is 486 g/mol. The molecular formula is C18H12BrN9O4. The Bertz CT molecular complexity index is 1350. The van der Waals surface area contributed by atoms with Crippen molar-refractivity contribution in [3.05, 3.63) is 74.4 Å². The number of nitro groups is 1. The number of nitro benzene ring substituents is 1. The Morgan fingerprint density at radius 3 is 2.78 bits per heavy atom. The van der Waals surface area contributed by atoms with Crippen molar-refractivity contribution in [2.45, 2.75) is 0 Å². The number of nitrogens with two attached hydrogens (primary N) is 1. The standard InChI is InChI=1S/C18H12BrN9O4/c19-12-5-1-3-10(7-12)9-21-23-18(29)14-15(11-4-2-6-13(8-11)28(30)31)27(26-22-14)17-16(20)24-32-25-17/h1-9H,(H2,20,24)(H,23,29). The van der Waals surface area contributed by atoms with E-state index in [0.29, 0.717) is 0 Å². The lowest BCUT2D eigenvalue weighted by Crippen LogP contribution is -2.19. The second-order valence-corrected chi connectivity index (χ2v) is 7.15. The quantitative estimate of drug-likeness (QED) is 0.229. The third kappa shape index (κ3) is 4.20. The highest BCUT2D eigenvalue weighted by Gasteiger charge is 2.26. The average Bonchev–Trinajstić information content (AvgIpc) is 3.39. The number of nitrogen functional groups attached to an aromatic ring is 1. The van der Waals surface area contributed by atoms with E-state index in [1.807, 2.05) is 12.1 Å². The first kappa shape index (κ1) is 20.8. The van der Waals surface area contributed by atoms with Crippen LogP contribution < -0.4 is 11.2 Å². The number of non-ortho nitro benzene ring substituents is 1. The molecule has 0 fully saturated rings. The first-order chi connectivity index (χ1) is 15.4. The Hall–Kier alpha value is -4.46. The molecule has 2 aromatic heterocycles. The molecule has 0 aliphatic heterocycles. The van der Waals surface area contributed by atoms with E-state index in [2.05, 4.69) is 51.7 Å². The van der Waals surface area contributed by atoms with Gasteiger partial charge < -0.3 is 5.73 Å². The van der Waals surface area contributed by atoms with Gasteiger partial charge in [-0.1, -0.05) is 45.4 Å². The summed E-state index contributed by atoms with van der Waals surface area (Å²) < 4.78 is 6.55. The van der Waals surface area contributed by atoms with E-state index < -0.39 is 10.8 Å². The highest BCUT2D eigenvalue weighted by molar-refractivity contribution is 9.10. The average molecular weight is 498 g/mol. The number of amides is 1. The van der Waals surface area contributed by atoms with Crippen molar-refractivity contribution in [3.63, 3.8) is 0 Å². The smallest absolute Gasteiger partial charge is 0.294 e. The van der Waals surface area contributed by atoms with Crippen LogP contribution in [0.4, 0.5) is 11.5 Å². The molecule has 0 spiro atoms. The molecule has 3 N–H and O–H groups in total. The third-order valence-electron chi connectivity index (χ3n) is 4.14. The monoisotopic (exact) mass is 497 g/mol. The fourth-order valence-corrected chi connectivity index (χ4v) is 3.17.